The first-order valence-electron chi connectivity index (χ1n) is 12.0. The maximum absolute atomic E-state index is 13.4. The quantitative estimate of drug-likeness (QED) is 0.481. The molecule has 1 aliphatic carbocycles. The van der Waals surface area contributed by atoms with E-state index in [4.69, 9.17) is 19.2 Å². The lowest BCUT2D eigenvalue weighted by molar-refractivity contribution is -0.120. The number of benzene rings is 2. The Balaban J connectivity index is 0.00000280. The predicted octanol–water partition coefficient (Wildman–Crippen LogP) is 3.59. The first-order chi connectivity index (χ1) is 17.5. The van der Waals surface area contributed by atoms with Crippen molar-refractivity contribution in [3.05, 3.63) is 71.9 Å². The third kappa shape index (κ3) is 4.17. The van der Waals surface area contributed by atoms with Crippen molar-refractivity contribution in [2.45, 2.75) is 29.6 Å². The number of sulfonamides is 1. The van der Waals surface area contributed by atoms with Crippen LogP contribution in [-0.4, -0.2) is 56.6 Å². The smallest absolute Gasteiger partial charge is 0.243 e. The lowest BCUT2D eigenvalue weighted by Crippen LogP contribution is -2.40. The second kappa shape index (κ2) is 8.99. The number of rotatable bonds is 7. The van der Waals surface area contributed by atoms with Crippen molar-refractivity contribution in [1.82, 2.24) is 9.29 Å². The average Bonchev–Trinajstić information content (AvgIpc) is 3.60. The molecule has 1 saturated carbocycles. The Labute approximate surface area is 211 Å². The number of ether oxygens (including phenoxy) is 3. The molecule has 0 radical (unpaired) electrons. The summed E-state index contributed by atoms with van der Waals surface area (Å²) in [5.74, 6) is 1.53. The van der Waals surface area contributed by atoms with E-state index in [9.17, 15) is 13.2 Å². The van der Waals surface area contributed by atoms with Gasteiger partial charge in [-0.15, -0.1) is 0 Å². The number of aromatic nitrogens is 1. The zero-order valence-electron chi connectivity index (χ0n) is 19.7. The van der Waals surface area contributed by atoms with Crippen LogP contribution in [0.15, 0.2) is 65.6 Å². The summed E-state index contributed by atoms with van der Waals surface area (Å²) in [6.07, 6.45) is 1.85. The summed E-state index contributed by atoms with van der Waals surface area (Å²) in [7, 11) is -3.55. The number of hydrogen-bond acceptors (Lipinski definition) is 7. The van der Waals surface area contributed by atoms with E-state index in [2.05, 4.69) is 0 Å². The summed E-state index contributed by atoms with van der Waals surface area (Å²) in [5.41, 5.74) is 2.65. The molecule has 8 nitrogen and oxygen atoms in total. The van der Waals surface area contributed by atoms with Crippen molar-refractivity contribution in [2.24, 2.45) is 0 Å². The molecule has 3 aliphatic rings. The van der Waals surface area contributed by atoms with E-state index < -0.39 is 15.4 Å². The van der Waals surface area contributed by atoms with Gasteiger partial charge < -0.3 is 14.2 Å². The van der Waals surface area contributed by atoms with Crippen molar-refractivity contribution in [1.29, 1.82) is 0 Å². The van der Waals surface area contributed by atoms with Crippen LogP contribution in [-0.2, 0) is 31.4 Å². The summed E-state index contributed by atoms with van der Waals surface area (Å²) in [5, 5.41) is 0. The first-order valence-corrected chi connectivity index (χ1v) is 13.5. The molecule has 3 aromatic rings. The van der Waals surface area contributed by atoms with Crippen molar-refractivity contribution in [3.8, 4) is 22.8 Å². The summed E-state index contributed by atoms with van der Waals surface area (Å²) < 4.78 is 43.4. The van der Waals surface area contributed by atoms with Gasteiger partial charge in [0.25, 0.3) is 0 Å². The Hall–Kier alpha value is -3.27. The third-order valence-corrected chi connectivity index (χ3v) is 9.03. The number of morpholine rings is 1. The number of nitrogens with zero attached hydrogens (tertiary/aromatic N) is 2. The molecule has 0 N–H and O–H groups in total. The Morgan fingerprint density at radius 3 is 2.47 bits per heavy atom. The fraction of sp³-hybridized carbons (Fsp3) is 0.333. The molecule has 0 unspecified atom stereocenters. The van der Waals surface area contributed by atoms with E-state index in [-0.39, 0.29) is 25.3 Å². The van der Waals surface area contributed by atoms with Crippen molar-refractivity contribution < 1.29 is 28.8 Å². The Morgan fingerprint density at radius 2 is 1.72 bits per heavy atom. The highest BCUT2D eigenvalue weighted by molar-refractivity contribution is 7.89. The number of ketones is 1. The molecule has 2 aromatic carbocycles. The maximum Gasteiger partial charge on any atom is 0.243 e. The van der Waals surface area contributed by atoms with Gasteiger partial charge in [-0.05, 0) is 54.8 Å². The Kier molecular flexibility index (Phi) is 5.78. The molecule has 1 saturated heterocycles. The van der Waals surface area contributed by atoms with Crippen molar-refractivity contribution in [2.75, 3.05) is 33.1 Å². The fourth-order valence-electron chi connectivity index (χ4n) is 4.85. The van der Waals surface area contributed by atoms with Crippen LogP contribution in [0.25, 0.3) is 11.3 Å². The number of carbonyl (C=O) groups excluding carboxylic acids is 1. The summed E-state index contributed by atoms with van der Waals surface area (Å²) in [6, 6.07) is 18.1. The second-order valence-electron chi connectivity index (χ2n) is 9.31. The van der Waals surface area contributed by atoms with E-state index in [0.717, 1.165) is 24.0 Å². The number of carbonyl (C=O) groups is 1. The average molecular weight is 509 g/mol. The number of pyridine rings is 1. The highest BCUT2D eigenvalue weighted by Crippen LogP contribution is 2.51. The van der Waals surface area contributed by atoms with Crippen LogP contribution in [0.5, 0.6) is 11.5 Å². The molecule has 2 aliphatic heterocycles. The Bertz CT molecular complexity index is 1420. The Morgan fingerprint density at radius 1 is 0.972 bits per heavy atom. The van der Waals surface area contributed by atoms with E-state index in [1.54, 1.807) is 24.3 Å². The van der Waals surface area contributed by atoms with Gasteiger partial charge in [-0.3, -0.25) is 9.78 Å². The van der Waals surface area contributed by atoms with Crippen LogP contribution < -0.4 is 9.47 Å². The van der Waals surface area contributed by atoms with Crippen LogP contribution >= 0.6 is 0 Å². The molecule has 0 amide bonds. The van der Waals surface area contributed by atoms with E-state index >= 15 is 0 Å². The lowest BCUT2D eigenvalue weighted by Gasteiger charge is -2.26. The molecule has 9 heteroatoms. The molecule has 3 heterocycles. The van der Waals surface area contributed by atoms with Gasteiger partial charge in [0.05, 0.1) is 29.2 Å². The van der Waals surface area contributed by atoms with Crippen LogP contribution in [0, 0.1) is 0 Å². The minimum Gasteiger partial charge on any atom is -0.454 e. The summed E-state index contributed by atoms with van der Waals surface area (Å²) in [6.45, 7) is 1.73. The van der Waals surface area contributed by atoms with Crippen LogP contribution in [0.4, 0.5) is 0 Å². The predicted molar refractivity (Wildman–Crippen MR) is 134 cm³/mol. The molecule has 188 valence electrons. The summed E-state index contributed by atoms with van der Waals surface area (Å²) in [4.78, 5) is 18.3. The third-order valence-electron chi connectivity index (χ3n) is 7.12. The molecule has 0 atom stereocenters. The van der Waals surface area contributed by atoms with Crippen molar-refractivity contribution in [3.63, 3.8) is 0 Å². The van der Waals surface area contributed by atoms with Gasteiger partial charge in [0.2, 0.25) is 16.8 Å². The normalized spacial score (nSPS) is 18.7. The topological polar surface area (TPSA) is 95.0 Å². The largest absolute Gasteiger partial charge is 0.454 e. The highest BCUT2D eigenvalue weighted by Gasteiger charge is 2.51. The standard InChI is InChI=1S/C27H26N2O6S.H2/c30-26(27(10-11-27)20-6-9-24-25(16-20)35-18-34-24)17-21-2-1-3-23(28-21)19-4-7-22(8-5-19)36(31,32)29-12-14-33-15-13-29;/h1-9,16H,10-15,17-18H2;1H. The van der Waals surface area contributed by atoms with Crippen LogP contribution in [0.1, 0.15) is 25.5 Å². The second-order valence-corrected chi connectivity index (χ2v) is 11.2. The van der Waals surface area contributed by atoms with Gasteiger partial charge in [0.15, 0.2) is 11.5 Å². The molecular formula is C27H28N2O6S. The van der Waals surface area contributed by atoms with Gasteiger partial charge in [-0.25, -0.2) is 8.42 Å². The molecule has 0 spiro atoms. The zero-order valence-corrected chi connectivity index (χ0v) is 20.5. The molecule has 36 heavy (non-hydrogen) atoms. The highest BCUT2D eigenvalue weighted by atomic mass is 32.2. The van der Waals surface area contributed by atoms with Gasteiger partial charge in [0, 0.05) is 32.2 Å². The van der Waals surface area contributed by atoms with E-state index in [1.165, 1.54) is 4.31 Å². The monoisotopic (exact) mass is 508 g/mol. The van der Waals surface area contributed by atoms with Gasteiger partial charge in [0.1, 0.15) is 5.78 Å². The van der Waals surface area contributed by atoms with Crippen LogP contribution in [0.3, 0.4) is 0 Å². The number of fused-ring (bicyclic) bond motifs is 1. The molecule has 1 aromatic heterocycles. The molecular weight excluding hydrogens is 480 g/mol. The number of hydrogen-bond donors (Lipinski definition) is 0. The van der Waals surface area contributed by atoms with E-state index in [1.807, 2.05) is 36.4 Å². The molecule has 0 bridgehead atoms. The summed E-state index contributed by atoms with van der Waals surface area (Å²) >= 11 is 0. The fourth-order valence-corrected chi connectivity index (χ4v) is 6.26. The molecule has 2 fully saturated rings. The van der Waals surface area contributed by atoms with Crippen LogP contribution in [0.2, 0.25) is 0 Å². The van der Waals surface area contributed by atoms with Gasteiger partial charge in [-0.1, -0.05) is 24.3 Å². The minimum absolute atomic E-state index is 0. The lowest BCUT2D eigenvalue weighted by atomic mass is 9.88. The maximum atomic E-state index is 13.4. The minimum atomic E-state index is -3.55. The number of Topliss-reactive ketones (excluding diaryl/α,β-unsaturated/α-hetero) is 1. The SMILES string of the molecule is O=C(Cc1cccc(-c2ccc(S(=O)(=O)N3CCOCC3)cc2)n1)C1(c2ccc3c(c2)OCO3)CC1.[HH]. The van der Waals surface area contributed by atoms with Crippen molar-refractivity contribution >= 4 is 15.8 Å². The first kappa shape index (κ1) is 23.1. The van der Waals surface area contributed by atoms with Gasteiger partial charge in [-0.2, -0.15) is 4.31 Å². The molecule has 6 rings (SSSR count). The van der Waals surface area contributed by atoms with E-state index in [0.29, 0.717) is 49.2 Å². The zero-order chi connectivity index (χ0) is 24.8. The van der Waals surface area contributed by atoms with Gasteiger partial charge >= 0.3 is 0 Å².